The van der Waals surface area contributed by atoms with Crippen LogP contribution in [0.3, 0.4) is 0 Å². The van der Waals surface area contributed by atoms with Gasteiger partial charge in [-0.25, -0.2) is 4.68 Å². The highest BCUT2D eigenvalue weighted by atomic mass is 16.2. The Morgan fingerprint density at radius 1 is 1.43 bits per heavy atom. The standard InChI is InChI=1S/C14H15N5O2/c1-8-3-4-10(9(2)5-8)17-12(20)6-11-13(21)18-14-15-7-16-19(11)14/h3-5,7,11H,6H2,1-2H3,(H,17,20)(H,15,16,18,21)/t11-/m1/s1. The van der Waals surface area contributed by atoms with Gasteiger partial charge in [-0.3, -0.25) is 14.9 Å². The van der Waals surface area contributed by atoms with Gasteiger partial charge < -0.3 is 5.32 Å². The fraction of sp³-hybridized carbons (Fsp3) is 0.286. The highest BCUT2D eigenvalue weighted by molar-refractivity contribution is 6.01. The highest BCUT2D eigenvalue weighted by Gasteiger charge is 2.33. The van der Waals surface area contributed by atoms with E-state index in [2.05, 4.69) is 20.7 Å². The predicted molar refractivity (Wildman–Crippen MR) is 76.9 cm³/mol. The fourth-order valence-corrected chi connectivity index (χ4v) is 2.38. The summed E-state index contributed by atoms with van der Waals surface area (Å²) in [4.78, 5) is 27.8. The Hall–Kier alpha value is -2.70. The molecule has 1 aromatic heterocycles. The van der Waals surface area contributed by atoms with Crippen molar-refractivity contribution in [2.45, 2.75) is 26.3 Å². The van der Waals surface area contributed by atoms with Crippen LogP contribution in [0.25, 0.3) is 0 Å². The molecule has 2 heterocycles. The van der Waals surface area contributed by atoms with Gasteiger partial charge in [0.1, 0.15) is 12.4 Å². The van der Waals surface area contributed by atoms with Crippen LogP contribution in [0.4, 0.5) is 11.6 Å². The molecule has 0 fully saturated rings. The second kappa shape index (κ2) is 5.01. The number of nitrogens with one attached hydrogen (secondary N) is 2. The van der Waals surface area contributed by atoms with E-state index in [1.807, 2.05) is 32.0 Å². The Morgan fingerprint density at radius 3 is 3.00 bits per heavy atom. The molecule has 0 bridgehead atoms. The Balaban J connectivity index is 1.71. The molecule has 21 heavy (non-hydrogen) atoms. The second-order valence-corrected chi connectivity index (χ2v) is 5.10. The van der Waals surface area contributed by atoms with E-state index in [4.69, 9.17) is 0 Å². The van der Waals surface area contributed by atoms with Crippen LogP contribution in [0, 0.1) is 13.8 Å². The Kier molecular flexibility index (Phi) is 3.17. The first-order chi connectivity index (χ1) is 10.0. The quantitative estimate of drug-likeness (QED) is 0.892. The maximum absolute atomic E-state index is 12.1. The zero-order valence-corrected chi connectivity index (χ0v) is 11.8. The predicted octanol–water partition coefficient (Wildman–Crippen LogP) is 1.42. The van der Waals surface area contributed by atoms with E-state index in [1.165, 1.54) is 11.0 Å². The zero-order valence-electron chi connectivity index (χ0n) is 11.8. The van der Waals surface area contributed by atoms with Crippen LogP contribution in [-0.2, 0) is 9.59 Å². The third-order valence-electron chi connectivity index (χ3n) is 3.44. The van der Waals surface area contributed by atoms with Crippen molar-refractivity contribution < 1.29 is 9.59 Å². The molecule has 0 radical (unpaired) electrons. The van der Waals surface area contributed by atoms with Gasteiger partial charge in [-0.05, 0) is 25.5 Å². The van der Waals surface area contributed by atoms with Crippen molar-refractivity contribution in [2.75, 3.05) is 10.6 Å². The molecule has 0 unspecified atom stereocenters. The molecule has 2 N–H and O–H groups in total. The van der Waals surface area contributed by atoms with Crippen LogP contribution in [0.5, 0.6) is 0 Å². The van der Waals surface area contributed by atoms with Crippen LogP contribution < -0.4 is 10.6 Å². The number of fused-ring (bicyclic) bond motifs is 1. The number of nitrogens with zero attached hydrogens (tertiary/aromatic N) is 3. The molecule has 3 rings (SSSR count). The van der Waals surface area contributed by atoms with Gasteiger partial charge in [-0.2, -0.15) is 10.1 Å². The van der Waals surface area contributed by atoms with Gasteiger partial charge in [-0.15, -0.1) is 0 Å². The molecule has 1 aliphatic heterocycles. The Labute approximate surface area is 121 Å². The molecule has 0 saturated heterocycles. The molecule has 2 amide bonds. The number of benzene rings is 1. The average Bonchev–Trinajstić information content (AvgIpc) is 2.96. The van der Waals surface area contributed by atoms with E-state index in [0.717, 1.165) is 16.8 Å². The molecule has 0 spiro atoms. The van der Waals surface area contributed by atoms with Crippen LogP contribution >= 0.6 is 0 Å². The van der Waals surface area contributed by atoms with Crippen LogP contribution in [-0.4, -0.2) is 26.6 Å². The molecule has 108 valence electrons. The number of carbonyl (C=O) groups excluding carboxylic acids is 2. The van der Waals surface area contributed by atoms with Crippen molar-refractivity contribution in [3.63, 3.8) is 0 Å². The minimum absolute atomic E-state index is 0.0233. The molecule has 7 nitrogen and oxygen atoms in total. The number of carbonyl (C=O) groups is 2. The van der Waals surface area contributed by atoms with E-state index < -0.39 is 6.04 Å². The number of hydrogen-bond acceptors (Lipinski definition) is 4. The summed E-state index contributed by atoms with van der Waals surface area (Å²) in [5.74, 6) is -0.115. The van der Waals surface area contributed by atoms with Crippen LogP contribution in [0.1, 0.15) is 23.6 Å². The van der Waals surface area contributed by atoms with Crippen molar-refractivity contribution >= 4 is 23.5 Å². The monoisotopic (exact) mass is 285 g/mol. The third kappa shape index (κ3) is 2.49. The van der Waals surface area contributed by atoms with Crippen molar-refractivity contribution in [1.82, 2.24) is 14.8 Å². The smallest absolute Gasteiger partial charge is 0.252 e. The fourth-order valence-electron chi connectivity index (χ4n) is 2.38. The molecule has 1 atom stereocenters. The summed E-state index contributed by atoms with van der Waals surface area (Å²) in [7, 11) is 0. The largest absolute Gasteiger partial charge is 0.326 e. The second-order valence-electron chi connectivity index (χ2n) is 5.10. The number of hydrogen-bond donors (Lipinski definition) is 2. The number of aromatic nitrogens is 3. The zero-order chi connectivity index (χ0) is 15.0. The summed E-state index contributed by atoms with van der Waals surface area (Å²) >= 11 is 0. The first kappa shape index (κ1) is 13.3. The van der Waals surface area contributed by atoms with Crippen LogP contribution in [0.2, 0.25) is 0 Å². The van der Waals surface area contributed by atoms with Crippen molar-refractivity contribution in [2.24, 2.45) is 0 Å². The summed E-state index contributed by atoms with van der Waals surface area (Å²) < 4.78 is 1.43. The lowest BCUT2D eigenvalue weighted by molar-refractivity contribution is -0.123. The molecule has 1 aromatic carbocycles. The molecular weight excluding hydrogens is 270 g/mol. The summed E-state index contributed by atoms with van der Waals surface area (Å²) in [5, 5.41) is 9.37. The molecule has 7 heteroatoms. The Morgan fingerprint density at radius 2 is 2.24 bits per heavy atom. The first-order valence-corrected chi connectivity index (χ1v) is 6.62. The lowest BCUT2D eigenvalue weighted by atomic mass is 10.1. The average molecular weight is 285 g/mol. The first-order valence-electron chi connectivity index (χ1n) is 6.62. The lowest BCUT2D eigenvalue weighted by Gasteiger charge is -2.11. The van der Waals surface area contributed by atoms with E-state index in [1.54, 1.807) is 0 Å². The van der Waals surface area contributed by atoms with Gasteiger partial charge >= 0.3 is 0 Å². The van der Waals surface area contributed by atoms with Gasteiger partial charge in [0.15, 0.2) is 0 Å². The van der Waals surface area contributed by atoms with Crippen molar-refractivity contribution in [3.05, 3.63) is 35.7 Å². The molecule has 0 saturated carbocycles. The molecular formula is C14H15N5O2. The number of amides is 2. The lowest BCUT2D eigenvalue weighted by Crippen LogP contribution is -2.23. The van der Waals surface area contributed by atoms with E-state index >= 15 is 0 Å². The molecule has 0 aliphatic carbocycles. The summed E-state index contributed by atoms with van der Waals surface area (Å²) in [6, 6.07) is 5.14. The highest BCUT2D eigenvalue weighted by Crippen LogP contribution is 2.24. The third-order valence-corrected chi connectivity index (χ3v) is 3.44. The van der Waals surface area contributed by atoms with Gasteiger partial charge in [0.05, 0.1) is 6.42 Å². The maximum atomic E-state index is 12.1. The van der Waals surface area contributed by atoms with E-state index in [9.17, 15) is 9.59 Å². The number of anilines is 2. The summed E-state index contributed by atoms with van der Waals surface area (Å²) in [5.41, 5.74) is 2.87. The van der Waals surface area contributed by atoms with Crippen molar-refractivity contribution in [3.8, 4) is 0 Å². The van der Waals surface area contributed by atoms with Crippen LogP contribution in [0.15, 0.2) is 24.5 Å². The SMILES string of the molecule is Cc1ccc(NC(=O)C[C@@H]2C(=O)Nc3ncnn32)c(C)c1. The normalized spacial score (nSPS) is 16.5. The van der Waals surface area contributed by atoms with Gasteiger partial charge in [-0.1, -0.05) is 17.7 Å². The topological polar surface area (TPSA) is 88.9 Å². The van der Waals surface area contributed by atoms with Crippen molar-refractivity contribution in [1.29, 1.82) is 0 Å². The maximum Gasteiger partial charge on any atom is 0.252 e. The molecule has 1 aliphatic rings. The summed E-state index contributed by atoms with van der Waals surface area (Å²) in [6.45, 7) is 3.92. The Bertz CT molecular complexity index is 722. The van der Waals surface area contributed by atoms with Gasteiger partial charge in [0, 0.05) is 5.69 Å². The minimum Gasteiger partial charge on any atom is -0.326 e. The van der Waals surface area contributed by atoms with Gasteiger partial charge in [0.2, 0.25) is 11.9 Å². The number of rotatable bonds is 3. The van der Waals surface area contributed by atoms with E-state index in [-0.39, 0.29) is 18.2 Å². The van der Waals surface area contributed by atoms with Gasteiger partial charge in [0.25, 0.3) is 5.91 Å². The van der Waals surface area contributed by atoms with E-state index in [0.29, 0.717) is 5.95 Å². The summed E-state index contributed by atoms with van der Waals surface area (Å²) in [6.07, 6.45) is 1.37. The minimum atomic E-state index is -0.645. The molecule has 2 aromatic rings. The number of aryl methyl sites for hydroxylation is 2.